The summed E-state index contributed by atoms with van der Waals surface area (Å²) in [5, 5.41) is 0. The van der Waals surface area contributed by atoms with Gasteiger partial charge in [0.15, 0.2) is 33.3 Å². The quantitative estimate of drug-likeness (QED) is 0.117. The molecule has 17 heteroatoms. The highest BCUT2D eigenvalue weighted by Gasteiger charge is 2.62. The van der Waals surface area contributed by atoms with Gasteiger partial charge in [-0.3, -0.25) is 0 Å². The van der Waals surface area contributed by atoms with Gasteiger partial charge >= 0.3 is 43.3 Å². The summed E-state index contributed by atoms with van der Waals surface area (Å²) >= 11 is 0. The van der Waals surface area contributed by atoms with Crippen molar-refractivity contribution >= 4 is 76.6 Å². The minimum absolute atomic E-state index is 1.90. The Morgan fingerprint density at radius 2 is 0.439 bits per heavy atom. The Bertz CT molecular complexity index is 785. The van der Waals surface area contributed by atoms with Crippen molar-refractivity contribution in [2.45, 2.75) is 105 Å². The van der Waals surface area contributed by atoms with Crippen LogP contribution >= 0.6 is 0 Å². The fourth-order valence-corrected chi connectivity index (χ4v) is 40.8. The lowest BCUT2D eigenvalue weighted by Gasteiger charge is -2.47. The summed E-state index contributed by atoms with van der Waals surface area (Å²) in [6.45, 7) is 48.7. The average Bonchev–Trinajstić information content (AvgIpc) is 2.68. The van der Waals surface area contributed by atoms with E-state index in [0.29, 0.717) is 0 Å². The Labute approximate surface area is 262 Å². The molecule has 0 spiro atoms. The molecule has 0 amide bonds. The van der Waals surface area contributed by atoms with Crippen molar-refractivity contribution in [2.24, 2.45) is 0 Å². The number of hydrogen-bond acceptors (Lipinski definition) is 8. The van der Waals surface area contributed by atoms with Gasteiger partial charge in [-0.25, -0.2) is 0 Å². The van der Waals surface area contributed by atoms with Gasteiger partial charge in [-0.1, -0.05) is 22.8 Å². The van der Waals surface area contributed by atoms with Gasteiger partial charge in [0, 0.05) is 0 Å². The van der Waals surface area contributed by atoms with Gasteiger partial charge in [-0.15, -0.1) is 26.3 Å². The van der Waals surface area contributed by atoms with E-state index in [2.05, 4.69) is 78.7 Å². The molecule has 0 aliphatic heterocycles. The summed E-state index contributed by atoms with van der Waals surface area (Å²) in [4.78, 5) is 0. The lowest BCUT2D eigenvalue weighted by Crippen LogP contribution is -2.70. The molecule has 0 heterocycles. The van der Waals surface area contributed by atoms with Crippen LogP contribution < -0.4 is 0 Å². The molecule has 0 unspecified atom stereocenters. The van der Waals surface area contributed by atoms with Gasteiger partial charge in [0.1, 0.15) is 0 Å². The average molecular weight is 730 g/mol. The van der Waals surface area contributed by atoms with E-state index >= 15 is 0 Å². The van der Waals surface area contributed by atoms with Crippen molar-refractivity contribution in [3.63, 3.8) is 0 Å². The van der Waals surface area contributed by atoms with E-state index in [1.807, 2.05) is 75.2 Å². The van der Waals surface area contributed by atoms with Crippen LogP contribution in [0.25, 0.3) is 0 Å². The van der Waals surface area contributed by atoms with E-state index in [4.69, 9.17) is 32.9 Å². The van der Waals surface area contributed by atoms with Crippen molar-refractivity contribution in [2.75, 3.05) is 0 Å². The fraction of sp³-hybridized carbons (Fsp3) is 0.667. The molecule has 0 atom stereocenters. The second-order valence-electron chi connectivity index (χ2n) is 14.1. The Kier molecular flexibility index (Phi) is 14.6. The third-order valence-electron chi connectivity index (χ3n) is 5.48. The van der Waals surface area contributed by atoms with E-state index < -0.39 is 76.6 Å². The Balaban J connectivity index is 7.25. The van der Waals surface area contributed by atoms with E-state index in [1.165, 1.54) is 0 Å². The van der Waals surface area contributed by atoms with Gasteiger partial charge in [0.2, 0.25) is 0 Å². The van der Waals surface area contributed by atoms with Crippen molar-refractivity contribution in [3.8, 4) is 0 Å². The molecule has 0 rings (SSSR count). The zero-order valence-corrected chi connectivity index (χ0v) is 37.9. The van der Waals surface area contributed by atoms with Crippen LogP contribution in [-0.4, -0.2) is 76.6 Å². The first kappa shape index (κ1) is 41.6. The van der Waals surface area contributed by atoms with Crippen LogP contribution in [0.4, 0.5) is 0 Å². The summed E-state index contributed by atoms with van der Waals surface area (Å²) < 4.78 is 54.8. The highest BCUT2D eigenvalue weighted by molar-refractivity contribution is 6.95. The first-order valence-electron chi connectivity index (χ1n) is 14.1. The zero-order valence-electron chi connectivity index (χ0n) is 28.9. The first-order valence-corrected chi connectivity index (χ1v) is 38.9. The minimum atomic E-state index is -4.09. The maximum Gasteiger partial charge on any atom is 0.643 e. The summed E-state index contributed by atoms with van der Waals surface area (Å²) in [6, 6.07) is 0. The van der Waals surface area contributed by atoms with Gasteiger partial charge in [-0.05, 0) is 105 Å². The zero-order chi connectivity index (χ0) is 33.0. The Morgan fingerprint density at radius 3 is 0.561 bits per heavy atom. The largest absolute Gasteiger partial charge is 0.643 e. The smallest absolute Gasteiger partial charge is 0.433 e. The molecule has 0 N–H and O–H groups in total. The second-order valence-corrected chi connectivity index (χ2v) is 47.3. The van der Waals surface area contributed by atoms with E-state index in [9.17, 15) is 0 Å². The van der Waals surface area contributed by atoms with Crippen LogP contribution in [0.1, 0.15) is 0 Å². The molecular formula is C24H60O8Si9. The van der Waals surface area contributed by atoms with Crippen LogP contribution in [-0.2, 0) is 32.9 Å². The Morgan fingerprint density at radius 1 is 0.293 bits per heavy atom. The second kappa shape index (κ2) is 14.3. The molecule has 0 radical (unpaired) electrons. The Hall–Kier alpha value is 0.592. The first-order chi connectivity index (χ1) is 17.9. The highest BCUT2D eigenvalue weighted by atomic mass is 28.6. The SMILES string of the molecule is C=C[Si](C)(C)O[Si](C)(C)O[Si](O[Si](C)(C)O[Si](C)(C)C=C)(O[Si](C)(C)O[Si](C)(C)C=C)O[Si](C)(C)O[Si](C)(C)C=C. The predicted molar refractivity (Wildman–Crippen MR) is 195 cm³/mol. The van der Waals surface area contributed by atoms with Crippen molar-refractivity contribution < 1.29 is 32.9 Å². The molecule has 0 fully saturated rings. The molecule has 0 aromatic rings. The van der Waals surface area contributed by atoms with Gasteiger partial charge in [0.05, 0.1) is 0 Å². The van der Waals surface area contributed by atoms with Crippen molar-refractivity contribution in [3.05, 3.63) is 49.1 Å². The predicted octanol–water partition coefficient (Wildman–Crippen LogP) is 8.08. The summed E-state index contributed by atoms with van der Waals surface area (Å²) in [5.74, 6) is 0. The van der Waals surface area contributed by atoms with E-state index in [-0.39, 0.29) is 0 Å². The van der Waals surface area contributed by atoms with Gasteiger partial charge in [-0.2, -0.15) is 0 Å². The van der Waals surface area contributed by atoms with Crippen LogP contribution in [0.15, 0.2) is 49.1 Å². The highest BCUT2D eigenvalue weighted by Crippen LogP contribution is 2.34. The third kappa shape index (κ3) is 16.5. The molecule has 0 aliphatic rings. The molecule has 8 nitrogen and oxygen atoms in total. The lowest BCUT2D eigenvalue weighted by molar-refractivity contribution is 0.103. The lowest BCUT2D eigenvalue weighted by atomic mass is 11.3. The standard InChI is InChI=1S/C24H60O8Si9/c1-21-33(5,6)25-37(13,14)29-41(30-38(15,16)26-34(7,8)22-2,31-39(17,18)27-35(9,10)23-3)32-40(19,20)28-36(11,12)24-4/h21-24H,1-4H2,5-20H3. The monoisotopic (exact) mass is 728 g/mol. The number of hydrogen-bond donors (Lipinski definition) is 0. The topological polar surface area (TPSA) is 73.8 Å². The van der Waals surface area contributed by atoms with E-state index in [0.717, 1.165) is 0 Å². The maximum atomic E-state index is 7.02. The van der Waals surface area contributed by atoms with Crippen LogP contribution in [0.2, 0.25) is 105 Å². The van der Waals surface area contributed by atoms with Gasteiger partial charge in [0.25, 0.3) is 0 Å². The normalized spacial score (nSPS) is 15.0. The van der Waals surface area contributed by atoms with Crippen LogP contribution in [0, 0.1) is 0 Å². The van der Waals surface area contributed by atoms with Crippen LogP contribution in [0.3, 0.4) is 0 Å². The maximum absolute atomic E-state index is 7.02. The molecule has 0 saturated carbocycles. The number of rotatable bonds is 20. The molecular weight excluding hydrogens is 669 g/mol. The van der Waals surface area contributed by atoms with Crippen LogP contribution in [0.5, 0.6) is 0 Å². The fourth-order valence-electron chi connectivity index (χ4n) is 4.11. The molecule has 0 aromatic carbocycles. The molecule has 0 bridgehead atoms. The van der Waals surface area contributed by atoms with Crippen molar-refractivity contribution in [1.82, 2.24) is 0 Å². The molecule has 0 aromatic heterocycles. The molecule has 0 saturated heterocycles. The third-order valence-corrected chi connectivity index (χ3v) is 37.6. The summed E-state index contributed by atoms with van der Waals surface area (Å²) in [7, 11) is -24.8. The molecule has 0 aliphatic carbocycles. The molecule has 41 heavy (non-hydrogen) atoms. The molecule has 240 valence electrons. The van der Waals surface area contributed by atoms with Crippen molar-refractivity contribution in [1.29, 1.82) is 0 Å². The summed E-state index contributed by atoms with van der Waals surface area (Å²) in [6.07, 6.45) is 0. The van der Waals surface area contributed by atoms with E-state index in [1.54, 1.807) is 0 Å². The summed E-state index contributed by atoms with van der Waals surface area (Å²) in [5.41, 5.74) is 7.60. The minimum Gasteiger partial charge on any atom is -0.433 e. The van der Waals surface area contributed by atoms with Gasteiger partial charge < -0.3 is 32.9 Å².